The highest BCUT2D eigenvalue weighted by atomic mass is 32.2. The molecule has 8 heteroatoms. The van der Waals surface area contributed by atoms with Crippen LogP contribution in [0.4, 0.5) is 0 Å². The molecule has 0 radical (unpaired) electrons. The minimum atomic E-state index is 0.0991. The van der Waals surface area contributed by atoms with Crippen molar-refractivity contribution < 1.29 is 19.0 Å². The third-order valence-electron chi connectivity index (χ3n) is 6.51. The number of benzene rings is 1. The van der Waals surface area contributed by atoms with Crippen molar-refractivity contribution in [2.45, 2.75) is 58.3 Å². The molecule has 1 saturated heterocycles. The summed E-state index contributed by atoms with van der Waals surface area (Å²) in [6, 6.07) is 7.83. The second-order valence-corrected chi connectivity index (χ2v) is 9.62. The summed E-state index contributed by atoms with van der Waals surface area (Å²) in [5.74, 6) is 1.92. The number of thioether (sulfide) groups is 1. The monoisotopic (exact) mass is 467 g/mol. The van der Waals surface area contributed by atoms with Gasteiger partial charge in [-0.15, -0.1) is 0 Å². The first-order valence-corrected chi connectivity index (χ1v) is 12.3. The van der Waals surface area contributed by atoms with Gasteiger partial charge in [0.25, 0.3) is 0 Å². The van der Waals surface area contributed by atoms with Crippen molar-refractivity contribution in [2.24, 2.45) is 0 Å². The number of ether oxygens (including phenoxy) is 3. The molecule has 0 bridgehead atoms. The maximum absolute atomic E-state index is 13.2. The third kappa shape index (κ3) is 4.17. The smallest absolute Gasteiger partial charge is 0.231 e. The molecule has 2 aromatic heterocycles. The Bertz CT molecular complexity index is 1210. The van der Waals surface area contributed by atoms with Crippen molar-refractivity contribution in [2.75, 3.05) is 19.2 Å². The summed E-state index contributed by atoms with van der Waals surface area (Å²) in [4.78, 5) is 18.0. The van der Waals surface area contributed by atoms with E-state index in [-0.39, 0.29) is 18.7 Å². The lowest BCUT2D eigenvalue weighted by molar-refractivity contribution is 0.0945. The molecule has 1 fully saturated rings. The average Bonchev–Trinajstić information content (AvgIpc) is 3.57. The summed E-state index contributed by atoms with van der Waals surface area (Å²) in [6.45, 7) is 9.98. The minimum Gasteiger partial charge on any atom is -0.454 e. The highest BCUT2D eigenvalue weighted by molar-refractivity contribution is 7.99. The van der Waals surface area contributed by atoms with Crippen LogP contribution in [0.3, 0.4) is 0 Å². The Balaban J connectivity index is 1.34. The van der Waals surface area contributed by atoms with Gasteiger partial charge in [-0.05, 0) is 58.7 Å². The topological polar surface area (TPSA) is 67.5 Å². The fraction of sp³-hybridized carbons (Fsp3) is 0.440. The number of nitrogens with zero attached hydrogens (tertiary/aromatic N) is 3. The summed E-state index contributed by atoms with van der Waals surface area (Å²) in [7, 11) is 0. The molecule has 2 aliphatic rings. The van der Waals surface area contributed by atoms with Crippen LogP contribution in [-0.4, -0.2) is 45.2 Å². The van der Waals surface area contributed by atoms with E-state index in [2.05, 4.69) is 16.1 Å². The van der Waals surface area contributed by atoms with Crippen LogP contribution >= 0.6 is 11.8 Å². The van der Waals surface area contributed by atoms with Crippen LogP contribution in [0.25, 0.3) is 5.69 Å². The summed E-state index contributed by atoms with van der Waals surface area (Å²) in [5, 5.41) is 0.887. The molecule has 4 heterocycles. The molecule has 174 valence electrons. The first-order chi connectivity index (χ1) is 15.9. The van der Waals surface area contributed by atoms with E-state index in [0.29, 0.717) is 5.75 Å². The summed E-state index contributed by atoms with van der Waals surface area (Å²) in [6.07, 6.45) is 2.41. The van der Waals surface area contributed by atoms with Gasteiger partial charge in [0.2, 0.25) is 6.79 Å². The SMILES string of the molecule is Cc1nc(SCC(=O)c2cc(C)n(-c3ccc4c(c3)OCO4)c2C)n(CC2CCCO2)c1C. The first kappa shape index (κ1) is 22.1. The number of Topliss-reactive ketones (excluding diaryl/α,β-unsaturated/α-hetero) is 1. The number of hydrogen-bond acceptors (Lipinski definition) is 6. The Morgan fingerprint density at radius 1 is 1.12 bits per heavy atom. The zero-order valence-corrected chi connectivity index (χ0v) is 20.3. The zero-order valence-electron chi connectivity index (χ0n) is 19.5. The van der Waals surface area contributed by atoms with Crippen LogP contribution in [0.1, 0.15) is 46.0 Å². The van der Waals surface area contributed by atoms with Gasteiger partial charge in [0.05, 0.1) is 24.1 Å². The Morgan fingerprint density at radius 2 is 1.94 bits per heavy atom. The van der Waals surface area contributed by atoms with Gasteiger partial charge >= 0.3 is 0 Å². The summed E-state index contributed by atoms with van der Waals surface area (Å²) < 4.78 is 21.1. The number of rotatable bonds is 7. The van der Waals surface area contributed by atoms with Crippen LogP contribution in [0.2, 0.25) is 0 Å². The molecule has 5 rings (SSSR count). The number of carbonyl (C=O) groups excluding carboxylic acids is 1. The van der Waals surface area contributed by atoms with E-state index in [4.69, 9.17) is 19.2 Å². The van der Waals surface area contributed by atoms with E-state index in [9.17, 15) is 4.79 Å². The minimum absolute atomic E-state index is 0.0991. The Hall–Kier alpha value is -2.71. The lowest BCUT2D eigenvalue weighted by atomic mass is 10.2. The zero-order chi connectivity index (χ0) is 23.1. The quantitative estimate of drug-likeness (QED) is 0.368. The van der Waals surface area contributed by atoms with Crippen molar-refractivity contribution >= 4 is 17.5 Å². The van der Waals surface area contributed by atoms with E-state index >= 15 is 0 Å². The fourth-order valence-corrected chi connectivity index (χ4v) is 5.60. The van der Waals surface area contributed by atoms with Crippen LogP contribution < -0.4 is 9.47 Å². The summed E-state index contributed by atoms with van der Waals surface area (Å²) >= 11 is 1.51. The van der Waals surface area contributed by atoms with Crippen molar-refractivity contribution in [1.82, 2.24) is 14.1 Å². The van der Waals surface area contributed by atoms with Crippen molar-refractivity contribution in [3.63, 3.8) is 0 Å². The molecule has 1 aromatic carbocycles. The highest BCUT2D eigenvalue weighted by Crippen LogP contribution is 2.35. The molecule has 0 saturated carbocycles. The lowest BCUT2D eigenvalue weighted by Gasteiger charge is -2.14. The maximum Gasteiger partial charge on any atom is 0.231 e. The maximum atomic E-state index is 13.2. The molecular formula is C25H29N3O4S. The van der Waals surface area contributed by atoms with Crippen LogP contribution in [0.15, 0.2) is 29.4 Å². The Labute approximate surface area is 198 Å². The van der Waals surface area contributed by atoms with Gasteiger partial charge in [-0.25, -0.2) is 4.98 Å². The molecule has 0 aliphatic carbocycles. The predicted octanol–water partition coefficient (Wildman–Crippen LogP) is 4.79. The second kappa shape index (κ2) is 8.91. The van der Waals surface area contributed by atoms with Crippen LogP contribution in [0.5, 0.6) is 11.5 Å². The molecule has 33 heavy (non-hydrogen) atoms. The standard InChI is InChI=1S/C25H29N3O4S/c1-15-10-21(18(4)28(15)19-7-8-23-24(11-19)32-14-31-23)22(29)13-33-25-26-16(2)17(3)27(25)12-20-6-5-9-30-20/h7-8,10-11,20H,5-6,9,12-14H2,1-4H3. The van der Waals surface area contributed by atoms with Crippen LogP contribution in [-0.2, 0) is 11.3 Å². The number of aryl methyl sites for hydroxylation is 2. The fourth-order valence-electron chi connectivity index (χ4n) is 4.62. The van der Waals surface area contributed by atoms with Crippen molar-refractivity contribution in [3.05, 3.63) is 52.6 Å². The molecule has 0 spiro atoms. The van der Waals surface area contributed by atoms with Crippen molar-refractivity contribution in [3.8, 4) is 17.2 Å². The highest BCUT2D eigenvalue weighted by Gasteiger charge is 2.23. The van der Waals surface area contributed by atoms with Crippen LogP contribution in [0, 0.1) is 27.7 Å². The summed E-state index contributed by atoms with van der Waals surface area (Å²) in [5.41, 5.74) is 5.77. The average molecular weight is 468 g/mol. The molecule has 3 aromatic rings. The molecule has 2 aliphatic heterocycles. The number of aromatic nitrogens is 3. The van der Waals surface area contributed by atoms with E-state index in [0.717, 1.165) is 76.7 Å². The number of fused-ring (bicyclic) bond motifs is 1. The van der Waals surface area contributed by atoms with Gasteiger partial charge in [0.15, 0.2) is 22.4 Å². The third-order valence-corrected chi connectivity index (χ3v) is 7.49. The van der Waals surface area contributed by atoms with Gasteiger partial charge in [-0.1, -0.05) is 11.8 Å². The molecule has 0 N–H and O–H groups in total. The van der Waals surface area contributed by atoms with Gasteiger partial charge in [-0.3, -0.25) is 4.79 Å². The number of imidazole rings is 1. The van der Waals surface area contributed by atoms with E-state index in [1.54, 1.807) is 0 Å². The predicted molar refractivity (Wildman–Crippen MR) is 127 cm³/mol. The largest absolute Gasteiger partial charge is 0.454 e. The molecule has 0 amide bonds. The number of carbonyl (C=O) groups is 1. The molecular weight excluding hydrogens is 438 g/mol. The molecule has 1 atom stereocenters. The Morgan fingerprint density at radius 3 is 2.73 bits per heavy atom. The second-order valence-electron chi connectivity index (χ2n) is 8.68. The van der Waals surface area contributed by atoms with Gasteiger partial charge in [-0.2, -0.15) is 0 Å². The van der Waals surface area contributed by atoms with E-state index < -0.39 is 0 Å². The van der Waals surface area contributed by atoms with E-state index in [1.165, 1.54) is 11.8 Å². The van der Waals surface area contributed by atoms with Gasteiger partial charge < -0.3 is 23.3 Å². The number of hydrogen-bond donors (Lipinski definition) is 0. The first-order valence-electron chi connectivity index (χ1n) is 11.3. The van der Waals surface area contributed by atoms with Gasteiger partial charge in [0.1, 0.15) is 0 Å². The molecule has 7 nitrogen and oxygen atoms in total. The van der Waals surface area contributed by atoms with E-state index in [1.807, 2.05) is 45.0 Å². The van der Waals surface area contributed by atoms with Crippen molar-refractivity contribution in [1.29, 1.82) is 0 Å². The Kier molecular flexibility index (Phi) is 5.97. The normalized spacial score (nSPS) is 17.2. The van der Waals surface area contributed by atoms with Gasteiger partial charge in [0, 0.05) is 41.0 Å². The number of ketones is 1. The lowest BCUT2D eigenvalue weighted by Crippen LogP contribution is -2.17. The molecule has 1 unspecified atom stereocenters.